The van der Waals surface area contributed by atoms with E-state index in [-0.39, 0.29) is 27.6 Å². The number of carbonyl (C=O) groups excluding carboxylic acids is 1. The number of methoxy groups -OCH3 is 1. The third-order valence-electron chi connectivity index (χ3n) is 3.31. The Morgan fingerprint density at radius 1 is 1.12 bits per heavy atom. The van der Waals surface area contributed by atoms with Gasteiger partial charge in [0.1, 0.15) is 0 Å². The third-order valence-corrected chi connectivity index (χ3v) is 4.72. The molecule has 0 saturated carbocycles. The Bertz CT molecular complexity index is 903. The van der Waals surface area contributed by atoms with Crippen LogP contribution in [0.5, 0.6) is 11.5 Å². The summed E-state index contributed by atoms with van der Waals surface area (Å²) in [6.45, 7) is -3.06. The molecule has 0 aliphatic rings. The van der Waals surface area contributed by atoms with Gasteiger partial charge in [0.2, 0.25) is 10.0 Å². The van der Waals surface area contributed by atoms with Gasteiger partial charge < -0.3 is 14.8 Å². The van der Waals surface area contributed by atoms with Crippen LogP contribution in [0, 0.1) is 0 Å². The van der Waals surface area contributed by atoms with E-state index in [1.165, 1.54) is 56.6 Å². The minimum absolute atomic E-state index is 0.0745. The fourth-order valence-corrected chi connectivity index (χ4v) is 2.84. The number of hydrogen-bond acceptors (Lipinski definition) is 5. The number of alkyl halides is 2. The summed E-state index contributed by atoms with van der Waals surface area (Å²) in [5.41, 5.74) is 0.252. The van der Waals surface area contributed by atoms with Crippen LogP contribution in [0.2, 0.25) is 0 Å². The molecule has 0 fully saturated rings. The van der Waals surface area contributed by atoms with Gasteiger partial charge in [0, 0.05) is 17.3 Å². The Hall–Kier alpha value is -2.72. The van der Waals surface area contributed by atoms with Crippen LogP contribution >= 0.6 is 0 Å². The lowest BCUT2D eigenvalue weighted by molar-refractivity contribution is -0.0511. The van der Waals surface area contributed by atoms with Crippen LogP contribution in [0.3, 0.4) is 0 Å². The molecule has 2 rings (SSSR count). The molecule has 10 heteroatoms. The van der Waals surface area contributed by atoms with Crippen LogP contribution in [0.25, 0.3) is 0 Å². The normalized spacial score (nSPS) is 11.3. The second-order valence-electron chi connectivity index (χ2n) is 4.93. The van der Waals surface area contributed by atoms with E-state index in [0.29, 0.717) is 0 Å². The molecule has 26 heavy (non-hydrogen) atoms. The SMILES string of the molecule is CNS(=O)(=O)c1cccc(C(=O)Nc2ccc(OC)c(OC(F)F)c2)c1. The predicted octanol–water partition coefficient (Wildman–Crippen LogP) is 2.46. The van der Waals surface area contributed by atoms with Crippen molar-refractivity contribution in [3.63, 3.8) is 0 Å². The highest BCUT2D eigenvalue weighted by Gasteiger charge is 2.16. The molecule has 0 spiro atoms. The number of benzene rings is 2. The molecule has 0 atom stereocenters. The molecule has 2 N–H and O–H groups in total. The molecule has 0 aliphatic carbocycles. The average Bonchev–Trinajstić information content (AvgIpc) is 2.61. The van der Waals surface area contributed by atoms with Crippen LogP contribution in [-0.4, -0.2) is 35.1 Å². The standard InChI is InChI=1S/C16H16F2N2O5S/c1-19-26(22,23)12-5-3-4-10(8-12)15(21)20-11-6-7-13(24-2)14(9-11)25-16(17)18/h3-9,16,19H,1-2H3,(H,20,21). The van der Waals surface area contributed by atoms with Gasteiger partial charge in [-0.3, -0.25) is 4.79 Å². The summed E-state index contributed by atoms with van der Waals surface area (Å²) in [6, 6.07) is 9.34. The fourth-order valence-electron chi connectivity index (χ4n) is 2.07. The Balaban J connectivity index is 2.26. The summed E-state index contributed by atoms with van der Waals surface area (Å²) in [7, 11) is -1.16. The summed E-state index contributed by atoms with van der Waals surface area (Å²) in [5.74, 6) is -0.788. The van der Waals surface area contributed by atoms with Crippen molar-refractivity contribution < 1.29 is 31.5 Å². The van der Waals surface area contributed by atoms with Gasteiger partial charge in [0.15, 0.2) is 11.5 Å². The van der Waals surface area contributed by atoms with Gasteiger partial charge in [-0.25, -0.2) is 13.1 Å². The summed E-state index contributed by atoms with van der Waals surface area (Å²) in [4.78, 5) is 12.2. The van der Waals surface area contributed by atoms with Crippen LogP contribution in [0.4, 0.5) is 14.5 Å². The number of ether oxygens (including phenoxy) is 2. The van der Waals surface area contributed by atoms with E-state index >= 15 is 0 Å². The quantitative estimate of drug-likeness (QED) is 0.762. The lowest BCUT2D eigenvalue weighted by Gasteiger charge is -2.12. The summed E-state index contributed by atoms with van der Waals surface area (Å²) in [5, 5.41) is 2.49. The number of rotatable bonds is 7. The number of sulfonamides is 1. The van der Waals surface area contributed by atoms with Gasteiger partial charge >= 0.3 is 6.61 Å². The maximum atomic E-state index is 12.5. The second-order valence-corrected chi connectivity index (χ2v) is 6.82. The molecule has 0 saturated heterocycles. The first-order valence-corrected chi connectivity index (χ1v) is 8.73. The number of hydrogen-bond donors (Lipinski definition) is 2. The van der Waals surface area contributed by atoms with E-state index in [9.17, 15) is 22.0 Å². The second kappa shape index (κ2) is 8.11. The molecular weight excluding hydrogens is 370 g/mol. The van der Waals surface area contributed by atoms with Crippen LogP contribution in [-0.2, 0) is 10.0 Å². The highest BCUT2D eigenvalue weighted by molar-refractivity contribution is 7.89. The molecule has 0 aliphatic heterocycles. The predicted molar refractivity (Wildman–Crippen MR) is 90.3 cm³/mol. The zero-order chi connectivity index (χ0) is 19.3. The lowest BCUT2D eigenvalue weighted by Crippen LogP contribution is -2.19. The highest BCUT2D eigenvalue weighted by Crippen LogP contribution is 2.31. The Morgan fingerprint density at radius 3 is 2.46 bits per heavy atom. The van der Waals surface area contributed by atoms with Crippen molar-refractivity contribution >= 4 is 21.6 Å². The zero-order valence-corrected chi connectivity index (χ0v) is 14.6. The Kier molecular flexibility index (Phi) is 6.11. The van der Waals surface area contributed by atoms with Crippen LogP contribution < -0.4 is 19.5 Å². The Morgan fingerprint density at radius 2 is 1.85 bits per heavy atom. The van der Waals surface area contributed by atoms with Gasteiger partial charge in [-0.15, -0.1) is 0 Å². The number of carbonyl (C=O) groups is 1. The number of amides is 1. The van der Waals surface area contributed by atoms with Gasteiger partial charge in [-0.05, 0) is 37.4 Å². The van der Waals surface area contributed by atoms with Crippen LogP contribution in [0.1, 0.15) is 10.4 Å². The molecule has 1 amide bonds. The molecule has 0 radical (unpaired) electrons. The first-order chi connectivity index (χ1) is 12.3. The molecule has 2 aromatic rings. The van der Waals surface area contributed by atoms with Crippen molar-refractivity contribution in [2.24, 2.45) is 0 Å². The van der Waals surface area contributed by atoms with Crippen molar-refractivity contribution in [2.45, 2.75) is 11.5 Å². The number of halogens is 2. The zero-order valence-electron chi connectivity index (χ0n) is 13.8. The first kappa shape index (κ1) is 19.6. The largest absolute Gasteiger partial charge is 0.493 e. The number of nitrogens with one attached hydrogen (secondary N) is 2. The topological polar surface area (TPSA) is 93.7 Å². The maximum absolute atomic E-state index is 12.5. The average molecular weight is 386 g/mol. The van der Waals surface area contributed by atoms with Crippen molar-refractivity contribution in [3.05, 3.63) is 48.0 Å². The lowest BCUT2D eigenvalue weighted by atomic mass is 10.2. The minimum Gasteiger partial charge on any atom is -0.493 e. The molecule has 0 aromatic heterocycles. The monoisotopic (exact) mass is 386 g/mol. The molecular formula is C16H16F2N2O5S. The van der Waals surface area contributed by atoms with Crippen molar-refractivity contribution in [1.82, 2.24) is 4.72 Å². The van der Waals surface area contributed by atoms with Gasteiger partial charge in [-0.1, -0.05) is 6.07 Å². The van der Waals surface area contributed by atoms with Gasteiger partial charge in [-0.2, -0.15) is 8.78 Å². The van der Waals surface area contributed by atoms with E-state index in [2.05, 4.69) is 14.8 Å². The molecule has 2 aromatic carbocycles. The smallest absolute Gasteiger partial charge is 0.387 e. The molecule has 0 bridgehead atoms. The first-order valence-electron chi connectivity index (χ1n) is 7.24. The molecule has 0 unspecified atom stereocenters. The van der Waals surface area contributed by atoms with E-state index < -0.39 is 22.5 Å². The van der Waals surface area contributed by atoms with E-state index in [0.717, 1.165) is 0 Å². The van der Waals surface area contributed by atoms with Crippen molar-refractivity contribution in [1.29, 1.82) is 0 Å². The molecule has 140 valence electrons. The fraction of sp³-hybridized carbons (Fsp3) is 0.188. The van der Waals surface area contributed by atoms with E-state index in [1.807, 2.05) is 0 Å². The van der Waals surface area contributed by atoms with Crippen molar-refractivity contribution in [3.8, 4) is 11.5 Å². The van der Waals surface area contributed by atoms with Crippen LogP contribution in [0.15, 0.2) is 47.4 Å². The Labute approximate surface area is 149 Å². The summed E-state index contributed by atoms with van der Waals surface area (Å²) in [6.07, 6.45) is 0. The van der Waals surface area contributed by atoms with Crippen molar-refractivity contribution in [2.75, 3.05) is 19.5 Å². The van der Waals surface area contributed by atoms with Gasteiger partial charge in [0.25, 0.3) is 5.91 Å². The summed E-state index contributed by atoms with van der Waals surface area (Å²) < 4.78 is 59.9. The molecule has 0 heterocycles. The van der Waals surface area contributed by atoms with Gasteiger partial charge in [0.05, 0.1) is 12.0 Å². The highest BCUT2D eigenvalue weighted by atomic mass is 32.2. The van der Waals surface area contributed by atoms with E-state index in [1.54, 1.807) is 0 Å². The molecule has 7 nitrogen and oxygen atoms in total. The summed E-state index contributed by atoms with van der Waals surface area (Å²) >= 11 is 0. The maximum Gasteiger partial charge on any atom is 0.387 e. The van der Waals surface area contributed by atoms with E-state index in [4.69, 9.17) is 4.74 Å². The minimum atomic E-state index is -3.71. The third kappa shape index (κ3) is 4.67. The number of anilines is 1.